The maximum atomic E-state index is 12.2. The van der Waals surface area contributed by atoms with Crippen molar-refractivity contribution in [1.29, 1.82) is 0 Å². The van der Waals surface area contributed by atoms with Gasteiger partial charge in [-0.2, -0.15) is 0 Å². The van der Waals surface area contributed by atoms with E-state index >= 15 is 0 Å². The third-order valence-electron chi connectivity index (χ3n) is 2.43. The normalized spacial score (nSPS) is 13.4. The average molecular weight is 336 g/mol. The molecule has 1 atom stereocenters. The van der Waals surface area contributed by atoms with Crippen LogP contribution in [-0.2, 0) is 10.0 Å². The summed E-state index contributed by atoms with van der Waals surface area (Å²) in [6, 6.07) is 4.88. The fourth-order valence-corrected chi connectivity index (χ4v) is 3.59. The van der Waals surface area contributed by atoms with Crippen molar-refractivity contribution in [3.8, 4) is 0 Å². The van der Waals surface area contributed by atoms with Gasteiger partial charge in [0.1, 0.15) is 0 Å². The van der Waals surface area contributed by atoms with Crippen molar-refractivity contribution < 1.29 is 8.42 Å². The van der Waals surface area contributed by atoms with Crippen molar-refractivity contribution >= 4 is 31.6 Å². The quantitative estimate of drug-likeness (QED) is 0.846. The van der Waals surface area contributed by atoms with Crippen LogP contribution >= 0.6 is 15.9 Å². The monoisotopic (exact) mass is 335 g/mol. The minimum Gasteiger partial charge on any atom is -0.378 e. The summed E-state index contributed by atoms with van der Waals surface area (Å²) in [5.74, 6) is 0. The zero-order chi connectivity index (χ0) is 13.9. The van der Waals surface area contributed by atoms with Crippen molar-refractivity contribution in [2.75, 3.05) is 25.5 Å². The van der Waals surface area contributed by atoms with Gasteiger partial charge in [-0.1, -0.05) is 0 Å². The first-order valence-electron chi connectivity index (χ1n) is 5.47. The Morgan fingerprint density at radius 1 is 1.44 bits per heavy atom. The van der Waals surface area contributed by atoms with Crippen LogP contribution in [0.25, 0.3) is 0 Å². The molecule has 0 spiro atoms. The van der Waals surface area contributed by atoms with E-state index in [4.69, 9.17) is 5.73 Å². The van der Waals surface area contributed by atoms with E-state index in [0.717, 1.165) is 5.69 Å². The molecule has 5 nitrogen and oxygen atoms in total. The van der Waals surface area contributed by atoms with E-state index in [0.29, 0.717) is 4.47 Å². The molecule has 0 saturated carbocycles. The lowest BCUT2D eigenvalue weighted by molar-refractivity contribution is 0.562. The highest BCUT2D eigenvalue weighted by atomic mass is 79.9. The third kappa shape index (κ3) is 3.68. The number of sulfonamides is 1. The van der Waals surface area contributed by atoms with Crippen LogP contribution in [0.4, 0.5) is 5.69 Å². The molecule has 0 aliphatic carbocycles. The Kier molecular flexibility index (Phi) is 5.15. The van der Waals surface area contributed by atoms with Gasteiger partial charge < -0.3 is 10.6 Å². The van der Waals surface area contributed by atoms with Gasteiger partial charge in [-0.3, -0.25) is 0 Å². The van der Waals surface area contributed by atoms with E-state index in [2.05, 4.69) is 20.7 Å². The fraction of sp³-hybridized carbons (Fsp3) is 0.455. The van der Waals surface area contributed by atoms with E-state index in [1.165, 1.54) is 0 Å². The van der Waals surface area contributed by atoms with Crippen LogP contribution in [0.1, 0.15) is 6.92 Å². The zero-order valence-corrected chi connectivity index (χ0v) is 13.0. The highest BCUT2D eigenvalue weighted by Gasteiger charge is 2.20. The Morgan fingerprint density at radius 2 is 2.06 bits per heavy atom. The number of nitrogens with one attached hydrogen (secondary N) is 1. The number of halogens is 1. The molecule has 0 heterocycles. The van der Waals surface area contributed by atoms with Crippen LogP contribution < -0.4 is 15.4 Å². The Morgan fingerprint density at radius 3 is 2.56 bits per heavy atom. The molecule has 3 N–H and O–H groups in total. The topological polar surface area (TPSA) is 75.4 Å². The van der Waals surface area contributed by atoms with Crippen molar-refractivity contribution in [2.24, 2.45) is 5.73 Å². The van der Waals surface area contributed by atoms with Crippen LogP contribution in [0.15, 0.2) is 27.6 Å². The maximum absolute atomic E-state index is 12.2. The van der Waals surface area contributed by atoms with Crippen LogP contribution in [-0.4, -0.2) is 35.1 Å². The largest absolute Gasteiger partial charge is 0.378 e. The van der Waals surface area contributed by atoms with Crippen molar-refractivity contribution in [3.05, 3.63) is 22.7 Å². The van der Waals surface area contributed by atoms with Gasteiger partial charge in [-0.05, 0) is 41.1 Å². The summed E-state index contributed by atoms with van der Waals surface area (Å²) < 4.78 is 27.4. The third-order valence-corrected chi connectivity index (χ3v) is 5.01. The second-order valence-electron chi connectivity index (χ2n) is 4.27. The summed E-state index contributed by atoms with van der Waals surface area (Å²) >= 11 is 3.26. The first-order valence-corrected chi connectivity index (χ1v) is 7.75. The molecule has 18 heavy (non-hydrogen) atoms. The lowest BCUT2D eigenvalue weighted by Gasteiger charge is -2.17. The Labute approximate surface area is 117 Å². The summed E-state index contributed by atoms with van der Waals surface area (Å²) in [5, 5.41) is 0. The van der Waals surface area contributed by atoms with Gasteiger partial charge in [0.15, 0.2) is 0 Å². The second kappa shape index (κ2) is 6.01. The van der Waals surface area contributed by atoms with Crippen LogP contribution in [0.5, 0.6) is 0 Å². The SMILES string of the molecule is C[C@@H](CN)NS(=O)(=O)c1cc(N(C)C)ccc1Br. The molecule has 7 heteroatoms. The van der Waals surface area contributed by atoms with Crippen LogP contribution in [0.2, 0.25) is 0 Å². The molecule has 102 valence electrons. The van der Waals surface area contributed by atoms with Gasteiger partial charge in [0, 0.05) is 36.8 Å². The first-order chi connectivity index (χ1) is 8.27. The molecular formula is C11H18BrN3O2S. The second-order valence-corrected chi connectivity index (χ2v) is 6.80. The molecule has 1 rings (SSSR count). The van der Waals surface area contributed by atoms with Crippen molar-refractivity contribution in [1.82, 2.24) is 4.72 Å². The molecule has 0 bridgehead atoms. The first kappa shape index (κ1) is 15.4. The summed E-state index contributed by atoms with van der Waals surface area (Å²) in [5.41, 5.74) is 6.25. The molecular weight excluding hydrogens is 318 g/mol. The van der Waals surface area contributed by atoms with E-state index in [-0.39, 0.29) is 17.5 Å². The molecule has 0 amide bonds. The van der Waals surface area contributed by atoms with Crippen LogP contribution in [0.3, 0.4) is 0 Å². The summed E-state index contributed by atoms with van der Waals surface area (Å²) in [7, 11) is 0.152. The Balaban J connectivity index is 3.19. The molecule has 0 fully saturated rings. The number of hydrogen-bond acceptors (Lipinski definition) is 4. The van der Waals surface area contributed by atoms with Gasteiger partial charge in [0.05, 0.1) is 4.90 Å². The zero-order valence-electron chi connectivity index (χ0n) is 10.6. The van der Waals surface area contributed by atoms with Crippen molar-refractivity contribution in [3.63, 3.8) is 0 Å². The number of rotatable bonds is 5. The molecule has 0 aromatic heterocycles. The molecule has 0 aliphatic heterocycles. The average Bonchev–Trinajstić information content (AvgIpc) is 2.28. The minimum absolute atomic E-state index is 0.217. The highest BCUT2D eigenvalue weighted by Crippen LogP contribution is 2.26. The molecule has 0 radical (unpaired) electrons. The number of benzene rings is 1. The minimum atomic E-state index is -3.56. The standard InChI is InChI=1S/C11H18BrN3O2S/c1-8(7-13)14-18(16,17)11-6-9(15(2)3)4-5-10(11)12/h4-6,8,14H,7,13H2,1-3H3/t8-/m0/s1. The van der Waals surface area contributed by atoms with Crippen LogP contribution in [0, 0.1) is 0 Å². The summed E-state index contributed by atoms with van der Waals surface area (Å²) in [6.45, 7) is 1.98. The molecule has 0 aliphatic rings. The van der Waals surface area contributed by atoms with E-state index in [1.807, 2.05) is 25.1 Å². The van der Waals surface area contributed by atoms with E-state index in [1.54, 1.807) is 19.1 Å². The van der Waals surface area contributed by atoms with E-state index in [9.17, 15) is 8.42 Å². The molecule has 0 saturated heterocycles. The predicted molar refractivity (Wildman–Crippen MR) is 77.3 cm³/mol. The summed E-state index contributed by atoms with van der Waals surface area (Å²) in [6.07, 6.45) is 0. The fourth-order valence-electron chi connectivity index (χ4n) is 1.35. The maximum Gasteiger partial charge on any atom is 0.242 e. The highest BCUT2D eigenvalue weighted by molar-refractivity contribution is 9.10. The Bertz CT molecular complexity index is 517. The van der Waals surface area contributed by atoms with Gasteiger partial charge in [0.2, 0.25) is 10.0 Å². The lowest BCUT2D eigenvalue weighted by Crippen LogP contribution is -2.37. The van der Waals surface area contributed by atoms with Crippen molar-refractivity contribution in [2.45, 2.75) is 17.9 Å². The predicted octanol–water partition coefficient (Wildman–Crippen LogP) is 1.14. The van der Waals surface area contributed by atoms with Gasteiger partial charge in [-0.25, -0.2) is 13.1 Å². The van der Waals surface area contributed by atoms with Gasteiger partial charge in [0.25, 0.3) is 0 Å². The Hall–Kier alpha value is -0.630. The van der Waals surface area contributed by atoms with Gasteiger partial charge in [-0.15, -0.1) is 0 Å². The number of anilines is 1. The van der Waals surface area contributed by atoms with E-state index < -0.39 is 10.0 Å². The number of hydrogen-bond donors (Lipinski definition) is 2. The van der Waals surface area contributed by atoms with Gasteiger partial charge >= 0.3 is 0 Å². The molecule has 1 aromatic carbocycles. The smallest absolute Gasteiger partial charge is 0.242 e. The number of nitrogens with zero attached hydrogens (tertiary/aromatic N) is 1. The number of nitrogens with two attached hydrogens (primary N) is 1. The lowest BCUT2D eigenvalue weighted by atomic mass is 10.3. The summed E-state index contributed by atoms with van der Waals surface area (Å²) in [4.78, 5) is 2.06. The molecule has 1 aromatic rings. The molecule has 0 unspecified atom stereocenters.